The van der Waals surface area contributed by atoms with Crippen LogP contribution in [-0.4, -0.2) is 59.2 Å². The standard InChI is InChI=1S/C22H31N5O/c1-17-22(25-12-11-23-17)27-13-4-5-19(9-16-27)26-14-7-18(8-15-26)21-20(28-2)6-3-10-24-21/h3,6,10-12,18-19H,4-5,7-9,13-16H2,1-2H3. The summed E-state index contributed by atoms with van der Waals surface area (Å²) in [7, 11) is 1.74. The van der Waals surface area contributed by atoms with Crippen molar-refractivity contribution < 1.29 is 4.74 Å². The number of pyridine rings is 1. The Hall–Kier alpha value is -2.21. The van der Waals surface area contributed by atoms with E-state index in [1.165, 1.54) is 19.3 Å². The molecule has 0 bridgehead atoms. The van der Waals surface area contributed by atoms with Crippen LogP contribution >= 0.6 is 0 Å². The second-order valence-electron chi connectivity index (χ2n) is 7.94. The maximum absolute atomic E-state index is 5.53. The van der Waals surface area contributed by atoms with Crippen molar-refractivity contribution in [2.45, 2.75) is 51.0 Å². The van der Waals surface area contributed by atoms with E-state index >= 15 is 0 Å². The van der Waals surface area contributed by atoms with Crippen LogP contribution in [0, 0.1) is 6.92 Å². The van der Waals surface area contributed by atoms with Gasteiger partial charge in [0.15, 0.2) is 0 Å². The molecule has 2 saturated heterocycles. The van der Waals surface area contributed by atoms with E-state index in [-0.39, 0.29) is 0 Å². The van der Waals surface area contributed by atoms with Crippen molar-refractivity contribution in [2.75, 3.05) is 38.2 Å². The molecule has 1 atom stereocenters. The molecule has 0 radical (unpaired) electrons. The first-order chi connectivity index (χ1) is 13.8. The van der Waals surface area contributed by atoms with Crippen LogP contribution in [0.4, 0.5) is 5.82 Å². The number of nitrogens with zero attached hydrogens (tertiary/aromatic N) is 5. The number of hydrogen-bond acceptors (Lipinski definition) is 6. The average Bonchev–Trinajstić information content (AvgIpc) is 3.00. The van der Waals surface area contributed by atoms with Gasteiger partial charge in [0, 0.05) is 43.6 Å². The van der Waals surface area contributed by atoms with Crippen LogP contribution in [0.1, 0.15) is 49.4 Å². The van der Waals surface area contributed by atoms with Gasteiger partial charge in [-0.15, -0.1) is 0 Å². The van der Waals surface area contributed by atoms with Gasteiger partial charge in [-0.3, -0.25) is 9.97 Å². The Morgan fingerprint density at radius 1 is 0.929 bits per heavy atom. The first kappa shape index (κ1) is 19.1. The Morgan fingerprint density at radius 2 is 1.75 bits per heavy atom. The van der Waals surface area contributed by atoms with Crippen LogP contribution in [0.2, 0.25) is 0 Å². The number of ether oxygens (including phenoxy) is 1. The Kier molecular flexibility index (Phi) is 6.05. The summed E-state index contributed by atoms with van der Waals surface area (Å²) >= 11 is 0. The van der Waals surface area contributed by atoms with Gasteiger partial charge >= 0.3 is 0 Å². The maximum atomic E-state index is 5.53. The zero-order valence-electron chi connectivity index (χ0n) is 17.0. The molecule has 2 aliphatic heterocycles. The Morgan fingerprint density at radius 3 is 2.54 bits per heavy atom. The lowest BCUT2D eigenvalue weighted by atomic mass is 9.91. The molecule has 1 unspecified atom stereocenters. The lowest BCUT2D eigenvalue weighted by Gasteiger charge is -2.37. The molecule has 4 heterocycles. The zero-order valence-corrected chi connectivity index (χ0v) is 17.0. The number of anilines is 1. The minimum atomic E-state index is 0.511. The van der Waals surface area contributed by atoms with Crippen LogP contribution in [0.15, 0.2) is 30.7 Å². The summed E-state index contributed by atoms with van der Waals surface area (Å²) in [5, 5.41) is 0. The van der Waals surface area contributed by atoms with Gasteiger partial charge in [-0.1, -0.05) is 0 Å². The number of aromatic nitrogens is 3. The molecule has 2 fully saturated rings. The number of aryl methyl sites for hydroxylation is 1. The fourth-order valence-electron chi connectivity index (χ4n) is 4.79. The fourth-order valence-corrected chi connectivity index (χ4v) is 4.79. The van der Waals surface area contributed by atoms with E-state index in [0.717, 1.165) is 62.0 Å². The van der Waals surface area contributed by atoms with Crippen LogP contribution in [0.25, 0.3) is 0 Å². The van der Waals surface area contributed by atoms with E-state index in [4.69, 9.17) is 4.74 Å². The van der Waals surface area contributed by atoms with Gasteiger partial charge in [0.05, 0.1) is 18.5 Å². The molecule has 2 aromatic heterocycles. The first-order valence-corrected chi connectivity index (χ1v) is 10.5. The SMILES string of the molecule is COc1cccnc1C1CCN(C2CCCN(c3nccnc3C)CC2)CC1. The quantitative estimate of drug-likeness (QED) is 0.809. The van der Waals surface area contributed by atoms with Crippen molar-refractivity contribution in [3.05, 3.63) is 42.1 Å². The van der Waals surface area contributed by atoms with Crippen molar-refractivity contribution in [1.82, 2.24) is 19.9 Å². The second-order valence-corrected chi connectivity index (χ2v) is 7.94. The minimum Gasteiger partial charge on any atom is -0.495 e. The first-order valence-electron chi connectivity index (χ1n) is 10.5. The van der Waals surface area contributed by atoms with Gasteiger partial charge in [0.1, 0.15) is 11.6 Å². The molecule has 4 rings (SSSR count). The average molecular weight is 382 g/mol. The topological polar surface area (TPSA) is 54.4 Å². The highest BCUT2D eigenvalue weighted by atomic mass is 16.5. The third-order valence-corrected chi connectivity index (χ3v) is 6.30. The number of piperidine rings is 1. The monoisotopic (exact) mass is 381 g/mol. The normalized spacial score (nSPS) is 22.1. The van der Waals surface area contributed by atoms with E-state index in [2.05, 4.69) is 31.7 Å². The summed E-state index contributed by atoms with van der Waals surface area (Å²) in [5.74, 6) is 2.51. The lowest BCUT2D eigenvalue weighted by Crippen LogP contribution is -2.41. The Labute approximate surface area is 168 Å². The van der Waals surface area contributed by atoms with Crippen molar-refractivity contribution in [3.8, 4) is 5.75 Å². The number of likely N-dealkylation sites (tertiary alicyclic amines) is 1. The predicted octanol–water partition coefficient (Wildman–Crippen LogP) is 3.43. The summed E-state index contributed by atoms with van der Waals surface area (Å²) < 4.78 is 5.53. The van der Waals surface area contributed by atoms with Gasteiger partial charge < -0.3 is 14.5 Å². The number of hydrogen-bond donors (Lipinski definition) is 0. The maximum Gasteiger partial charge on any atom is 0.150 e. The Balaban J connectivity index is 1.35. The van der Waals surface area contributed by atoms with E-state index in [0.29, 0.717) is 12.0 Å². The second kappa shape index (κ2) is 8.86. The third kappa shape index (κ3) is 4.12. The molecule has 0 saturated carbocycles. The summed E-state index contributed by atoms with van der Waals surface area (Å²) in [6, 6.07) is 4.66. The van der Waals surface area contributed by atoms with Crippen molar-refractivity contribution in [1.29, 1.82) is 0 Å². The Bertz CT molecular complexity index is 775. The molecule has 0 spiro atoms. The largest absolute Gasteiger partial charge is 0.495 e. The molecule has 2 aromatic rings. The van der Waals surface area contributed by atoms with Crippen molar-refractivity contribution in [2.24, 2.45) is 0 Å². The smallest absolute Gasteiger partial charge is 0.150 e. The highest BCUT2D eigenvalue weighted by molar-refractivity contribution is 5.42. The van der Waals surface area contributed by atoms with E-state index in [1.54, 1.807) is 19.5 Å². The number of methoxy groups -OCH3 is 1. The molecule has 28 heavy (non-hydrogen) atoms. The van der Waals surface area contributed by atoms with Gasteiger partial charge in [0.25, 0.3) is 0 Å². The van der Waals surface area contributed by atoms with Gasteiger partial charge in [-0.25, -0.2) is 4.98 Å². The van der Waals surface area contributed by atoms with Gasteiger partial charge in [0.2, 0.25) is 0 Å². The summed E-state index contributed by atoms with van der Waals surface area (Å²) in [6.45, 7) is 6.51. The summed E-state index contributed by atoms with van der Waals surface area (Å²) in [6.07, 6.45) is 11.5. The molecule has 0 aromatic carbocycles. The zero-order chi connectivity index (χ0) is 19.3. The van der Waals surface area contributed by atoms with Gasteiger partial charge in [-0.05, 0) is 64.3 Å². The molecule has 6 heteroatoms. The molecule has 0 amide bonds. The van der Waals surface area contributed by atoms with Crippen LogP contribution in [0.5, 0.6) is 5.75 Å². The molecular formula is C22H31N5O. The highest BCUT2D eigenvalue weighted by Gasteiger charge is 2.29. The minimum absolute atomic E-state index is 0.511. The molecular weight excluding hydrogens is 350 g/mol. The van der Waals surface area contributed by atoms with Crippen LogP contribution < -0.4 is 9.64 Å². The molecule has 6 nitrogen and oxygen atoms in total. The van der Waals surface area contributed by atoms with E-state index in [9.17, 15) is 0 Å². The van der Waals surface area contributed by atoms with E-state index in [1.807, 2.05) is 18.3 Å². The summed E-state index contributed by atoms with van der Waals surface area (Å²) in [4.78, 5) is 18.7. The van der Waals surface area contributed by atoms with Gasteiger partial charge in [-0.2, -0.15) is 0 Å². The van der Waals surface area contributed by atoms with Crippen molar-refractivity contribution >= 4 is 5.82 Å². The third-order valence-electron chi connectivity index (χ3n) is 6.30. The highest BCUT2D eigenvalue weighted by Crippen LogP contribution is 2.34. The lowest BCUT2D eigenvalue weighted by molar-refractivity contribution is 0.140. The molecule has 150 valence electrons. The van der Waals surface area contributed by atoms with E-state index < -0.39 is 0 Å². The number of rotatable bonds is 4. The predicted molar refractivity (Wildman–Crippen MR) is 111 cm³/mol. The van der Waals surface area contributed by atoms with Crippen LogP contribution in [0.3, 0.4) is 0 Å². The van der Waals surface area contributed by atoms with Crippen molar-refractivity contribution in [3.63, 3.8) is 0 Å². The van der Waals surface area contributed by atoms with Crippen LogP contribution in [-0.2, 0) is 0 Å². The molecule has 0 aliphatic carbocycles. The fraction of sp³-hybridized carbons (Fsp3) is 0.591. The summed E-state index contributed by atoms with van der Waals surface area (Å²) in [5.41, 5.74) is 2.17. The molecule has 2 aliphatic rings. The molecule has 0 N–H and O–H groups in total.